The third-order valence-electron chi connectivity index (χ3n) is 2.42. The van der Waals surface area contributed by atoms with Crippen LogP contribution in [-0.4, -0.2) is 16.9 Å². The summed E-state index contributed by atoms with van der Waals surface area (Å²) < 4.78 is 0. The van der Waals surface area contributed by atoms with Crippen molar-refractivity contribution in [3.63, 3.8) is 0 Å². The van der Waals surface area contributed by atoms with Gasteiger partial charge in [-0.3, -0.25) is 4.79 Å². The van der Waals surface area contributed by atoms with Crippen LogP contribution in [0.5, 0.6) is 0 Å². The van der Waals surface area contributed by atoms with Gasteiger partial charge in [-0.2, -0.15) is 0 Å². The molecule has 1 aromatic heterocycles. The molecule has 0 aromatic carbocycles. The molecule has 1 amide bonds. The Morgan fingerprint density at radius 2 is 2.56 bits per heavy atom. The van der Waals surface area contributed by atoms with Crippen molar-refractivity contribution in [1.29, 1.82) is 0 Å². The molecule has 2 rings (SSSR count). The molecule has 0 radical (unpaired) electrons. The van der Waals surface area contributed by atoms with E-state index < -0.39 is 6.04 Å². The van der Waals surface area contributed by atoms with Crippen LogP contribution < -0.4 is 11.1 Å². The minimum atomic E-state index is -0.654. The molecule has 0 saturated heterocycles. The molecule has 1 fully saturated rings. The molecule has 1 unspecified atom stereocenters. The van der Waals surface area contributed by atoms with Crippen molar-refractivity contribution in [3.8, 4) is 12.3 Å². The number of nitrogens with one attached hydrogen (secondary N) is 1. The highest BCUT2D eigenvalue weighted by Crippen LogP contribution is 2.40. The molecule has 0 bridgehead atoms. The first-order chi connectivity index (χ1) is 7.70. The number of aromatic nitrogens is 1. The molecule has 5 heteroatoms. The van der Waals surface area contributed by atoms with E-state index in [-0.39, 0.29) is 12.3 Å². The molecule has 1 saturated carbocycles. The predicted octanol–water partition coefficient (Wildman–Crippen LogP) is 1.31. The third-order valence-corrected chi connectivity index (χ3v) is 3.20. The molecule has 1 aliphatic rings. The number of nitrogens with zero attached hydrogens (tertiary/aromatic N) is 1. The van der Waals surface area contributed by atoms with Crippen molar-refractivity contribution in [3.05, 3.63) is 11.1 Å². The molecule has 1 atom stereocenters. The largest absolute Gasteiger partial charge is 0.319 e. The minimum Gasteiger partial charge on any atom is -0.319 e. The van der Waals surface area contributed by atoms with Crippen molar-refractivity contribution in [2.24, 2.45) is 5.73 Å². The number of thiazole rings is 1. The summed E-state index contributed by atoms with van der Waals surface area (Å²) in [6, 6.07) is -0.654. The number of nitrogens with two attached hydrogens (primary N) is 1. The van der Waals surface area contributed by atoms with Crippen LogP contribution >= 0.6 is 11.3 Å². The first kappa shape index (κ1) is 11.1. The topological polar surface area (TPSA) is 68.0 Å². The SMILES string of the molecule is C#CCC(N)C(=O)Nc1nc(C2CC2)cs1. The lowest BCUT2D eigenvalue weighted by molar-refractivity contribution is -0.117. The molecule has 84 valence electrons. The second-order valence-corrected chi connectivity index (χ2v) is 4.71. The monoisotopic (exact) mass is 235 g/mol. The van der Waals surface area contributed by atoms with Crippen LogP contribution in [0.3, 0.4) is 0 Å². The number of hydrogen-bond donors (Lipinski definition) is 2. The van der Waals surface area contributed by atoms with E-state index in [2.05, 4.69) is 16.2 Å². The zero-order valence-electron chi connectivity index (χ0n) is 8.77. The number of rotatable bonds is 4. The number of anilines is 1. The maximum atomic E-state index is 11.5. The lowest BCUT2D eigenvalue weighted by Gasteiger charge is -2.06. The molecular formula is C11H13N3OS. The Hall–Kier alpha value is -1.38. The van der Waals surface area contributed by atoms with Crippen LogP contribution in [0.25, 0.3) is 0 Å². The van der Waals surface area contributed by atoms with E-state index in [0.29, 0.717) is 11.0 Å². The van der Waals surface area contributed by atoms with Crippen molar-refractivity contribution >= 4 is 22.4 Å². The summed E-state index contributed by atoms with van der Waals surface area (Å²) in [5.74, 6) is 2.69. The third kappa shape index (κ3) is 2.60. The summed E-state index contributed by atoms with van der Waals surface area (Å²) in [6.45, 7) is 0. The van der Waals surface area contributed by atoms with Gasteiger partial charge in [0, 0.05) is 17.7 Å². The van der Waals surface area contributed by atoms with E-state index in [9.17, 15) is 4.79 Å². The van der Waals surface area contributed by atoms with E-state index >= 15 is 0 Å². The fraction of sp³-hybridized carbons (Fsp3) is 0.455. The van der Waals surface area contributed by atoms with E-state index in [4.69, 9.17) is 12.2 Å². The summed E-state index contributed by atoms with van der Waals surface area (Å²) in [4.78, 5) is 15.9. The van der Waals surface area contributed by atoms with Crippen LogP contribution in [-0.2, 0) is 4.79 Å². The van der Waals surface area contributed by atoms with Crippen molar-refractivity contribution in [2.75, 3.05) is 5.32 Å². The van der Waals surface area contributed by atoms with Gasteiger partial charge >= 0.3 is 0 Å². The van der Waals surface area contributed by atoms with Gasteiger partial charge in [0.2, 0.25) is 5.91 Å². The lowest BCUT2D eigenvalue weighted by Crippen LogP contribution is -2.35. The lowest BCUT2D eigenvalue weighted by atomic mass is 10.2. The van der Waals surface area contributed by atoms with Crippen LogP contribution in [0.2, 0.25) is 0 Å². The Labute approximate surface area is 98.3 Å². The number of amides is 1. The van der Waals surface area contributed by atoms with Gasteiger partial charge < -0.3 is 11.1 Å². The second-order valence-electron chi connectivity index (χ2n) is 3.86. The van der Waals surface area contributed by atoms with Gasteiger partial charge in [0.25, 0.3) is 0 Å². The Morgan fingerprint density at radius 3 is 3.19 bits per heavy atom. The van der Waals surface area contributed by atoms with E-state index in [1.807, 2.05) is 5.38 Å². The fourth-order valence-electron chi connectivity index (χ4n) is 1.33. The molecule has 3 N–H and O–H groups in total. The Morgan fingerprint density at radius 1 is 1.81 bits per heavy atom. The number of terminal acetylenes is 1. The average Bonchev–Trinajstić information content (AvgIpc) is 3.01. The number of hydrogen-bond acceptors (Lipinski definition) is 4. The van der Waals surface area contributed by atoms with Crippen molar-refractivity contribution in [2.45, 2.75) is 31.2 Å². The maximum absolute atomic E-state index is 11.5. The molecule has 1 heterocycles. The molecule has 0 spiro atoms. The van der Waals surface area contributed by atoms with E-state index in [0.717, 1.165) is 5.69 Å². The highest BCUT2D eigenvalue weighted by Gasteiger charge is 2.26. The zero-order chi connectivity index (χ0) is 11.5. The van der Waals surface area contributed by atoms with Crippen LogP contribution in [0.4, 0.5) is 5.13 Å². The standard InChI is InChI=1S/C11H13N3OS/c1-2-3-8(12)10(15)14-11-13-9(6-16-11)7-4-5-7/h1,6-8H,3-5,12H2,(H,13,14,15). The van der Waals surface area contributed by atoms with Gasteiger partial charge in [0.05, 0.1) is 11.7 Å². The van der Waals surface area contributed by atoms with Gasteiger partial charge in [-0.15, -0.1) is 23.7 Å². The van der Waals surface area contributed by atoms with Gasteiger partial charge in [-0.05, 0) is 12.8 Å². The molecule has 1 aliphatic carbocycles. The highest BCUT2D eigenvalue weighted by molar-refractivity contribution is 7.13. The Balaban J connectivity index is 1.92. The quantitative estimate of drug-likeness (QED) is 0.773. The molecule has 1 aromatic rings. The van der Waals surface area contributed by atoms with Crippen LogP contribution in [0.15, 0.2) is 5.38 Å². The molecular weight excluding hydrogens is 222 g/mol. The minimum absolute atomic E-state index is 0.243. The molecule has 4 nitrogen and oxygen atoms in total. The summed E-state index contributed by atoms with van der Waals surface area (Å²) in [5.41, 5.74) is 6.65. The molecule has 0 aliphatic heterocycles. The van der Waals surface area contributed by atoms with Crippen LogP contribution in [0, 0.1) is 12.3 Å². The van der Waals surface area contributed by atoms with Gasteiger partial charge in [-0.25, -0.2) is 4.98 Å². The van der Waals surface area contributed by atoms with E-state index in [1.165, 1.54) is 24.2 Å². The Bertz CT molecular complexity index is 431. The summed E-state index contributed by atoms with van der Waals surface area (Å²) in [7, 11) is 0. The first-order valence-corrected chi connectivity index (χ1v) is 6.04. The molecule has 16 heavy (non-hydrogen) atoms. The zero-order valence-corrected chi connectivity index (χ0v) is 9.59. The summed E-state index contributed by atoms with van der Waals surface area (Å²) in [6.07, 6.45) is 7.74. The van der Waals surface area contributed by atoms with Gasteiger partial charge in [0.15, 0.2) is 5.13 Å². The average molecular weight is 235 g/mol. The Kier molecular flexibility index (Phi) is 3.22. The van der Waals surface area contributed by atoms with Gasteiger partial charge in [0.1, 0.15) is 0 Å². The highest BCUT2D eigenvalue weighted by atomic mass is 32.1. The first-order valence-electron chi connectivity index (χ1n) is 5.16. The maximum Gasteiger partial charge on any atom is 0.244 e. The van der Waals surface area contributed by atoms with Gasteiger partial charge in [-0.1, -0.05) is 0 Å². The van der Waals surface area contributed by atoms with Crippen molar-refractivity contribution < 1.29 is 4.79 Å². The normalized spacial score (nSPS) is 16.5. The number of carbonyl (C=O) groups excluding carboxylic acids is 1. The number of carbonyl (C=O) groups is 1. The predicted molar refractivity (Wildman–Crippen MR) is 64.1 cm³/mol. The van der Waals surface area contributed by atoms with Crippen molar-refractivity contribution in [1.82, 2.24) is 4.98 Å². The fourth-order valence-corrected chi connectivity index (χ4v) is 2.12. The van der Waals surface area contributed by atoms with Crippen LogP contribution in [0.1, 0.15) is 30.9 Å². The smallest absolute Gasteiger partial charge is 0.244 e. The summed E-state index contributed by atoms with van der Waals surface area (Å²) in [5, 5.41) is 5.27. The second kappa shape index (κ2) is 4.64. The summed E-state index contributed by atoms with van der Waals surface area (Å²) >= 11 is 1.43. The van der Waals surface area contributed by atoms with E-state index in [1.54, 1.807) is 0 Å².